The first-order valence-corrected chi connectivity index (χ1v) is 10.4. The zero-order valence-corrected chi connectivity index (χ0v) is 18.0. The minimum Gasteiger partial charge on any atom is -0.442 e. The Hall–Kier alpha value is -3.69. The van der Waals surface area contributed by atoms with Crippen LogP contribution in [0.15, 0.2) is 24.5 Å². The Bertz CT molecular complexity index is 1050. The number of ether oxygens (including phenoxy) is 2. The number of nitrogens with one attached hydrogen (secondary N) is 1. The normalized spacial score (nSPS) is 19.1. The molecule has 16 heteroatoms. The predicted molar refractivity (Wildman–Crippen MR) is 108 cm³/mol. The fraction of sp³-hybridized carbons (Fsp3) is 0.474. The summed E-state index contributed by atoms with van der Waals surface area (Å²) in [7, 11) is 0. The van der Waals surface area contributed by atoms with Crippen LogP contribution in [-0.2, 0) is 16.0 Å². The number of cyclic esters (lactones) is 1. The quantitative estimate of drug-likeness (QED) is 0.615. The van der Waals surface area contributed by atoms with Gasteiger partial charge in [0.05, 0.1) is 31.5 Å². The van der Waals surface area contributed by atoms with Gasteiger partial charge in [0.2, 0.25) is 0 Å². The van der Waals surface area contributed by atoms with Crippen molar-refractivity contribution in [1.82, 2.24) is 25.4 Å². The first-order chi connectivity index (χ1) is 16.6. The molecule has 0 radical (unpaired) electrons. The number of halogens is 5. The molecule has 0 bridgehead atoms. The van der Waals surface area contributed by atoms with E-state index in [0.717, 1.165) is 22.0 Å². The molecule has 35 heavy (non-hydrogen) atoms. The van der Waals surface area contributed by atoms with Gasteiger partial charge in [0.25, 0.3) is 0 Å². The Balaban J connectivity index is 1.41. The molecule has 0 saturated carbocycles. The molecule has 0 unspecified atom stereocenters. The summed E-state index contributed by atoms with van der Waals surface area (Å²) in [5, 5.41) is 8.25. The number of hydrogen-bond acceptors (Lipinski definition) is 8. The molecular weight excluding hydrogens is 485 g/mol. The molecule has 0 aliphatic carbocycles. The molecule has 3 heterocycles. The summed E-state index contributed by atoms with van der Waals surface area (Å²) in [6.07, 6.45) is -4.27. The minimum absolute atomic E-state index is 0.00413. The summed E-state index contributed by atoms with van der Waals surface area (Å²) in [6, 6.07) is 1.98. The van der Waals surface area contributed by atoms with Gasteiger partial charge in [-0.1, -0.05) is 5.21 Å². The molecule has 4 rings (SSSR count). The van der Waals surface area contributed by atoms with Crippen LogP contribution < -0.4 is 15.2 Å². The fourth-order valence-electron chi connectivity index (χ4n) is 3.71. The molecule has 2 saturated heterocycles. The zero-order chi connectivity index (χ0) is 25.2. The molecular formula is C19H20F5N7O4. The standard InChI is InChI=1S/C19H20F5N7O4/c20-14-7-12(30-10-13(35-17(30)32)9-29-4-1-25-27-29)8-15(21)16(14)28-3-2-26-31(6-5-28)18(33)34-11-19(22,23)24/h1,4,7-8,13,26H,2-3,5-6,9-11H2/t13-/m0/s1. The summed E-state index contributed by atoms with van der Waals surface area (Å²) in [5.74, 6) is -1.92. The second kappa shape index (κ2) is 9.89. The molecule has 2 amide bonds. The third-order valence-corrected chi connectivity index (χ3v) is 5.22. The number of hydrogen-bond donors (Lipinski definition) is 1. The van der Waals surface area contributed by atoms with E-state index in [2.05, 4.69) is 20.5 Å². The maximum atomic E-state index is 15.0. The highest BCUT2D eigenvalue weighted by atomic mass is 19.4. The third-order valence-electron chi connectivity index (χ3n) is 5.22. The van der Waals surface area contributed by atoms with Crippen molar-refractivity contribution in [3.8, 4) is 0 Å². The summed E-state index contributed by atoms with van der Waals surface area (Å²) in [4.78, 5) is 26.5. The van der Waals surface area contributed by atoms with Crippen LogP contribution in [-0.4, -0.2) is 83.8 Å². The topological polar surface area (TPSA) is 105 Å². The van der Waals surface area contributed by atoms with Crippen molar-refractivity contribution in [3.63, 3.8) is 0 Å². The Kier molecular flexibility index (Phi) is 6.90. The number of benzene rings is 1. The summed E-state index contributed by atoms with van der Waals surface area (Å²) >= 11 is 0. The van der Waals surface area contributed by atoms with Crippen molar-refractivity contribution >= 4 is 23.6 Å². The lowest BCUT2D eigenvalue weighted by molar-refractivity contribution is -0.163. The van der Waals surface area contributed by atoms with Gasteiger partial charge in [0.15, 0.2) is 18.2 Å². The van der Waals surface area contributed by atoms with Crippen molar-refractivity contribution in [3.05, 3.63) is 36.2 Å². The maximum absolute atomic E-state index is 15.0. The van der Waals surface area contributed by atoms with E-state index in [1.165, 1.54) is 15.8 Å². The minimum atomic E-state index is -4.68. The SMILES string of the molecule is O=C(OCC(F)(F)F)N1CCN(c2c(F)cc(N3C[C@H](Cn4ccnn4)OC3=O)cc2F)CCN1. The molecule has 2 fully saturated rings. The van der Waals surface area contributed by atoms with E-state index in [1.807, 2.05) is 0 Å². The van der Waals surface area contributed by atoms with Gasteiger partial charge >= 0.3 is 18.4 Å². The van der Waals surface area contributed by atoms with Crippen molar-refractivity contribution in [1.29, 1.82) is 0 Å². The lowest BCUT2D eigenvalue weighted by Crippen LogP contribution is -2.44. The summed E-state index contributed by atoms with van der Waals surface area (Å²) < 4.78 is 77.6. The van der Waals surface area contributed by atoms with Crippen LogP contribution in [0.3, 0.4) is 0 Å². The van der Waals surface area contributed by atoms with Gasteiger partial charge in [-0.2, -0.15) is 13.2 Å². The average molecular weight is 505 g/mol. The van der Waals surface area contributed by atoms with Crippen LogP contribution in [0, 0.1) is 11.6 Å². The number of alkyl halides is 3. The number of hydrazine groups is 1. The first-order valence-electron chi connectivity index (χ1n) is 10.4. The molecule has 1 atom stereocenters. The molecule has 1 aromatic carbocycles. The molecule has 11 nitrogen and oxygen atoms in total. The highest BCUT2D eigenvalue weighted by Gasteiger charge is 2.35. The van der Waals surface area contributed by atoms with E-state index in [0.29, 0.717) is 0 Å². The van der Waals surface area contributed by atoms with Crippen molar-refractivity contribution in [2.45, 2.75) is 18.8 Å². The van der Waals surface area contributed by atoms with E-state index in [9.17, 15) is 31.5 Å². The number of amides is 2. The molecule has 0 spiro atoms. The number of aromatic nitrogens is 3. The molecule has 1 N–H and O–H groups in total. The monoisotopic (exact) mass is 505 g/mol. The smallest absolute Gasteiger partial charge is 0.424 e. The summed E-state index contributed by atoms with van der Waals surface area (Å²) in [6.45, 7) is -1.73. The number of rotatable bonds is 5. The largest absolute Gasteiger partial charge is 0.442 e. The zero-order valence-electron chi connectivity index (χ0n) is 18.0. The number of carbonyl (C=O) groups excluding carboxylic acids is 2. The molecule has 2 aliphatic heterocycles. The van der Waals surface area contributed by atoms with E-state index < -0.39 is 48.4 Å². The number of nitrogens with zero attached hydrogens (tertiary/aromatic N) is 6. The van der Waals surface area contributed by atoms with Crippen LogP contribution in [0.2, 0.25) is 0 Å². The maximum Gasteiger partial charge on any atom is 0.424 e. The Morgan fingerprint density at radius 1 is 1.20 bits per heavy atom. The van der Waals surface area contributed by atoms with Gasteiger partial charge in [0.1, 0.15) is 11.8 Å². The van der Waals surface area contributed by atoms with E-state index in [-0.39, 0.29) is 45.0 Å². The predicted octanol–water partition coefficient (Wildman–Crippen LogP) is 1.91. The van der Waals surface area contributed by atoms with Gasteiger partial charge in [0, 0.05) is 38.0 Å². The molecule has 2 aliphatic rings. The third kappa shape index (κ3) is 5.87. The van der Waals surface area contributed by atoms with Gasteiger partial charge in [-0.05, 0) is 0 Å². The van der Waals surface area contributed by atoms with E-state index in [1.54, 1.807) is 6.20 Å². The Morgan fingerprint density at radius 2 is 1.94 bits per heavy atom. The molecule has 1 aromatic heterocycles. The van der Waals surface area contributed by atoms with Crippen LogP contribution in [0.5, 0.6) is 0 Å². The van der Waals surface area contributed by atoms with Crippen molar-refractivity contribution in [2.75, 3.05) is 49.1 Å². The van der Waals surface area contributed by atoms with Gasteiger partial charge in [-0.15, -0.1) is 5.10 Å². The molecule has 190 valence electrons. The van der Waals surface area contributed by atoms with Crippen LogP contribution in [0.4, 0.5) is 42.9 Å². The van der Waals surface area contributed by atoms with Crippen LogP contribution >= 0.6 is 0 Å². The van der Waals surface area contributed by atoms with Crippen molar-refractivity contribution < 1.29 is 41.0 Å². The van der Waals surface area contributed by atoms with Gasteiger partial charge in [-0.25, -0.2) is 33.5 Å². The van der Waals surface area contributed by atoms with Crippen LogP contribution in [0.1, 0.15) is 0 Å². The second-order valence-corrected chi connectivity index (χ2v) is 7.72. The fourth-order valence-corrected chi connectivity index (χ4v) is 3.71. The highest BCUT2D eigenvalue weighted by molar-refractivity contribution is 5.90. The number of carbonyl (C=O) groups is 2. The van der Waals surface area contributed by atoms with Gasteiger partial charge < -0.3 is 14.4 Å². The first kappa shape index (κ1) is 24.4. The Morgan fingerprint density at radius 3 is 2.60 bits per heavy atom. The van der Waals surface area contributed by atoms with Crippen molar-refractivity contribution in [2.24, 2.45) is 0 Å². The summed E-state index contributed by atoms with van der Waals surface area (Å²) in [5.41, 5.74) is 2.13. The number of anilines is 2. The lowest BCUT2D eigenvalue weighted by atomic mass is 10.2. The van der Waals surface area contributed by atoms with E-state index in [4.69, 9.17) is 4.74 Å². The van der Waals surface area contributed by atoms with E-state index >= 15 is 0 Å². The van der Waals surface area contributed by atoms with Crippen LogP contribution in [0.25, 0.3) is 0 Å². The second-order valence-electron chi connectivity index (χ2n) is 7.72. The Labute approximate surface area is 194 Å². The average Bonchev–Trinajstić information content (AvgIpc) is 3.34. The molecule has 2 aromatic rings. The van der Waals surface area contributed by atoms with Gasteiger partial charge in [-0.3, -0.25) is 4.90 Å². The lowest BCUT2D eigenvalue weighted by Gasteiger charge is -2.25. The highest BCUT2D eigenvalue weighted by Crippen LogP contribution is 2.31.